The van der Waals surface area contributed by atoms with E-state index in [2.05, 4.69) is 4.74 Å². The van der Waals surface area contributed by atoms with Crippen LogP contribution in [0, 0.1) is 0 Å². The van der Waals surface area contributed by atoms with Gasteiger partial charge in [-0.15, -0.1) is 0 Å². The quantitative estimate of drug-likeness (QED) is 0.790. The highest BCUT2D eigenvalue weighted by molar-refractivity contribution is 5.88. The average Bonchev–Trinajstić information content (AvgIpc) is 2.59. The van der Waals surface area contributed by atoms with Crippen molar-refractivity contribution in [2.45, 2.75) is 5.92 Å². The number of ether oxygens (including phenoxy) is 1. The fourth-order valence-corrected chi connectivity index (χ4v) is 1.25. The molecule has 7 heteroatoms. The highest BCUT2D eigenvalue weighted by Crippen LogP contribution is 2.29. The maximum absolute atomic E-state index is 13.1. The Morgan fingerprint density at radius 2 is 2.00 bits per heavy atom. The summed E-state index contributed by atoms with van der Waals surface area (Å²) in [6.07, 6.45) is 0. The Bertz CT molecular complexity index is 439. The number of nitrogens with zero attached hydrogens (tertiary/aromatic N) is 1. The first-order valence-electron chi connectivity index (χ1n) is 4.18. The van der Waals surface area contributed by atoms with Gasteiger partial charge in [0.05, 0.1) is 12.8 Å². The first-order valence-corrected chi connectivity index (χ1v) is 4.18. The van der Waals surface area contributed by atoms with E-state index in [0.717, 1.165) is 23.8 Å². The van der Waals surface area contributed by atoms with Crippen molar-refractivity contribution in [2.75, 3.05) is 7.11 Å². The zero-order valence-corrected chi connectivity index (χ0v) is 8.53. The van der Waals surface area contributed by atoms with Crippen LogP contribution < -0.4 is 0 Å². The molecule has 1 aromatic heterocycles. The molecule has 16 heavy (non-hydrogen) atoms. The number of aliphatic carboxylic acids is 1. The lowest BCUT2D eigenvalue weighted by Crippen LogP contribution is -2.28. The first-order chi connectivity index (χ1) is 7.32. The van der Waals surface area contributed by atoms with E-state index in [1.807, 2.05) is 0 Å². The Kier molecular flexibility index (Phi) is 2.97. The molecule has 0 radical (unpaired) electrons. The second kappa shape index (κ2) is 3.92. The van der Waals surface area contributed by atoms with E-state index in [0.29, 0.717) is 0 Å². The molecule has 0 amide bonds. The van der Waals surface area contributed by atoms with E-state index < -0.39 is 23.6 Å². The lowest BCUT2D eigenvalue weighted by molar-refractivity contribution is -0.167. The lowest BCUT2D eigenvalue weighted by atomic mass is 10.2. The van der Waals surface area contributed by atoms with E-state index in [1.54, 1.807) is 0 Å². The third-order valence-electron chi connectivity index (χ3n) is 2.11. The molecule has 0 bridgehead atoms. The number of methoxy groups -OCH3 is 1. The molecule has 0 unspecified atom stereocenters. The summed E-state index contributed by atoms with van der Waals surface area (Å²) in [6, 6.07) is 1.96. The first kappa shape index (κ1) is 12.2. The Balaban J connectivity index is 3.24. The molecule has 0 aliphatic heterocycles. The second-order valence-corrected chi connectivity index (χ2v) is 3.03. The Morgan fingerprint density at radius 3 is 2.44 bits per heavy atom. The highest BCUT2D eigenvalue weighted by Gasteiger charge is 2.44. The minimum atomic E-state index is -4.04. The summed E-state index contributed by atoms with van der Waals surface area (Å²) in [7, 11) is 2.27. The molecule has 1 N–H and O–H groups in total. The van der Waals surface area contributed by atoms with Crippen LogP contribution in [0.1, 0.15) is 16.2 Å². The van der Waals surface area contributed by atoms with E-state index in [1.165, 1.54) is 7.05 Å². The maximum Gasteiger partial charge on any atom is 0.382 e. The van der Waals surface area contributed by atoms with Gasteiger partial charge in [-0.3, -0.25) is 0 Å². The van der Waals surface area contributed by atoms with Crippen LogP contribution in [-0.4, -0.2) is 28.7 Å². The van der Waals surface area contributed by atoms with Crippen LogP contribution >= 0.6 is 0 Å². The molecule has 1 heterocycles. The van der Waals surface area contributed by atoms with Crippen molar-refractivity contribution in [2.24, 2.45) is 7.05 Å². The van der Waals surface area contributed by atoms with Gasteiger partial charge in [0.25, 0.3) is 0 Å². The molecule has 0 fully saturated rings. The molecule has 0 aliphatic rings. The van der Waals surface area contributed by atoms with Crippen molar-refractivity contribution in [3.63, 3.8) is 0 Å². The average molecular weight is 233 g/mol. The fraction of sp³-hybridized carbons (Fsp3) is 0.333. The topological polar surface area (TPSA) is 68.5 Å². The van der Waals surface area contributed by atoms with Crippen LogP contribution in [0.5, 0.6) is 0 Å². The molecule has 1 aromatic rings. The largest absolute Gasteiger partial charge is 0.476 e. The van der Waals surface area contributed by atoms with Crippen molar-refractivity contribution in [1.82, 2.24) is 4.57 Å². The van der Waals surface area contributed by atoms with Gasteiger partial charge < -0.3 is 14.4 Å². The molecule has 0 atom stereocenters. The molecule has 0 saturated heterocycles. The number of carbonyl (C=O) groups is 2. The van der Waals surface area contributed by atoms with Gasteiger partial charge in [-0.05, 0) is 12.1 Å². The van der Waals surface area contributed by atoms with E-state index in [4.69, 9.17) is 5.11 Å². The molecular weight excluding hydrogens is 224 g/mol. The van der Waals surface area contributed by atoms with Gasteiger partial charge in [-0.1, -0.05) is 0 Å². The predicted octanol–water partition coefficient (Wildman–Crippen LogP) is 0.988. The minimum absolute atomic E-state index is 0.140. The molecule has 0 saturated carbocycles. The number of hydrogen-bond donors (Lipinski definition) is 1. The van der Waals surface area contributed by atoms with Crippen molar-refractivity contribution in [3.05, 3.63) is 23.5 Å². The second-order valence-electron chi connectivity index (χ2n) is 3.03. The fourth-order valence-electron chi connectivity index (χ4n) is 1.25. The zero-order chi connectivity index (χ0) is 12.5. The van der Waals surface area contributed by atoms with Gasteiger partial charge in [0.2, 0.25) is 0 Å². The third-order valence-corrected chi connectivity index (χ3v) is 2.11. The molecule has 5 nitrogen and oxygen atoms in total. The summed E-state index contributed by atoms with van der Waals surface area (Å²) < 4.78 is 31.4. The van der Waals surface area contributed by atoms with Gasteiger partial charge in [0.1, 0.15) is 5.69 Å². The van der Waals surface area contributed by atoms with Crippen LogP contribution in [0.25, 0.3) is 0 Å². The zero-order valence-electron chi connectivity index (χ0n) is 8.53. The summed E-state index contributed by atoms with van der Waals surface area (Å²) in [6.45, 7) is 0. The predicted molar refractivity (Wildman–Crippen MR) is 48.3 cm³/mol. The van der Waals surface area contributed by atoms with E-state index >= 15 is 0 Å². The third kappa shape index (κ3) is 1.75. The van der Waals surface area contributed by atoms with Crippen LogP contribution in [0.4, 0.5) is 8.78 Å². The lowest BCUT2D eigenvalue weighted by Gasteiger charge is -2.13. The van der Waals surface area contributed by atoms with Gasteiger partial charge in [0, 0.05) is 7.05 Å². The highest BCUT2D eigenvalue weighted by atomic mass is 19.3. The van der Waals surface area contributed by atoms with E-state index in [-0.39, 0.29) is 5.69 Å². The summed E-state index contributed by atoms with van der Waals surface area (Å²) in [5, 5.41) is 8.34. The molecule has 0 aliphatic carbocycles. The molecule has 0 spiro atoms. The van der Waals surface area contributed by atoms with Gasteiger partial charge in [-0.2, -0.15) is 8.78 Å². The number of carboxylic acids is 1. The van der Waals surface area contributed by atoms with Gasteiger partial charge >= 0.3 is 17.9 Å². The monoisotopic (exact) mass is 233 g/mol. The van der Waals surface area contributed by atoms with Crippen LogP contribution in [0.2, 0.25) is 0 Å². The molecule has 1 rings (SSSR count). The molecular formula is C9H9F2NO4. The van der Waals surface area contributed by atoms with Crippen LogP contribution in [0.15, 0.2) is 12.1 Å². The summed E-state index contributed by atoms with van der Waals surface area (Å²) >= 11 is 0. The normalized spacial score (nSPS) is 11.2. The number of halogens is 2. The summed E-state index contributed by atoms with van der Waals surface area (Å²) in [4.78, 5) is 21.5. The number of hydrogen-bond acceptors (Lipinski definition) is 3. The standard InChI is InChI=1S/C9H9F2NO4/c1-12-5(7(13)16-2)3-4-6(12)9(10,11)8(14)15/h3-4H,1-2H3,(H,14,15). The Morgan fingerprint density at radius 1 is 1.44 bits per heavy atom. The van der Waals surface area contributed by atoms with Crippen molar-refractivity contribution in [1.29, 1.82) is 0 Å². The number of rotatable bonds is 3. The summed E-state index contributed by atoms with van der Waals surface area (Å²) in [5.74, 6) is -7.12. The maximum atomic E-state index is 13.1. The SMILES string of the molecule is COC(=O)c1ccc(C(F)(F)C(=O)O)n1C. The minimum Gasteiger partial charge on any atom is -0.476 e. The molecule has 88 valence electrons. The summed E-state index contributed by atoms with van der Waals surface area (Å²) in [5.41, 5.74) is -0.918. The van der Waals surface area contributed by atoms with Gasteiger partial charge in [0.15, 0.2) is 0 Å². The van der Waals surface area contributed by atoms with E-state index in [9.17, 15) is 18.4 Å². The molecule has 0 aromatic carbocycles. The van der Waals surface area contributed by atoms with Crippen molar-refractivity contribution >= 4 is 11.9 Å². The van der Waals surface area contributed by atoms with Crippen molar-refractivity contribution in [3.8, 4) is 0 Å². The Labute approximate surface area is 89.2 Å². The van der Waals surface area contributed by atoms with Crippen LogP contribution in [-0.2, 0) is 22.5 Å². The van der Waals surface area contributed by atoms with Gasteiger partial charge in [-0.25, -0.2) is 9.59 Å². The number of carboxylic acid groups (broad SMARTS) is 1. The number of esters is 1. The number of alkyl halides is 2. The van der Waals surface area contributed by atoms with Crippen molar-refractivity contribution < 1.29 is 28.2 Å². The smallest absolute Gasteiger partial charge is 0.382 e. The van der Waals surface area contributed by atoms with Crippen LogP contribution in [0.3, 0.4) is 0 Å². The Hall–Kier alpha value is -1.92. The number of aromatic nitrogens is 1. The number of carbonyl (C=O) groups excluding carboxylic acids is 1.